The van der Waals surface area contributed by atoms with Crippen LogP contribution in [0.2, 0.25) is 0 Å². The van der Waals surface area contributed by atoms with E-state index in [0.29, 0.717) is 9.35 Å². The Morgan fingerprint density at radius 1 is 1.53 bits per heavy atom. The molecule has 0 N–H and O–H groups in total. The highest BCUT2D eigenvalue weighted by Gasteiger charge is 2.22. The van der Waals surface area contributed by atoms with E-state index in [0.717, 1.165) is 6.42 Å². The minimum atomic E-state index is -3.30. The van der Waals surface area contributed by atoms with E-state index in [1.54, 1.807) is 11.4 Å². The summed E-state index contributed by atoms with van der Waals surface area (Å²) in [5.74, 6) is -0.538. The first-order valence-electron chi connectivity index (χ1n) is 5.32. The van der Waals surface area contributed by atoms with E-state index in [4.69, 9.17) is 0 Å². The summed E-state index contributed by atoms with van der Waals surface area (Å²) in [6, 6.07) is 1.75. The highest BCUT2D eigenvalue weighted by molar-refractivity contribution is 9.10. The van der Waals surface area contributed by atoms with Gasteiger partial charge in [0.25, 0.3) is 0 Å². The lowest BCUT2D eigenvalue weighted by atomic mass is 10.2. The summed E-state index contributed by atoms with van der Waals surface area (Å²) in [5, 5.41) is 1.76. The Bertz CT molecular complexity index is 491. The third-order valence-corrected chi connectivity index (χ3v) is 6.11. The predicted molar refractivity (Wildman–Crippen MR) is 74.5 cm³/mol. The fourth-order valence-corrected chi connectivity index (χ4v) is 4.76. The van der Waals surface area contributed by atoms with Crippen molar-refractivity contribution in [3.8, 4) is 0 Å². The number of hydrogen-bond donors (Lipinski definition) is 0. The van der Waals surface area contributed by atoms with Crippen LogP contribution in [0.15, 0.2) is 15.9 Å². The van der Waals surface area contributed by atoms with Crippen LogP contribution in [0.3, 0.4) is 0 Å². The second-order valence-corrected chi connectivity index (χ2v) is 7.97. The van der Waals surface area contributed by atoms with Gasteiger partial charge in [-0.1, -0.05) is 20.3 Å². The van der Waals surface area contributed by atoms with Crippen LogP contribution in [-0.4, -0.2) is 25.7 Å². The topological polar surface area (TPSA) is 51.2 Å². The van der Waals surface area contributed by atoms with Gasteiger partial charge in [0, 0.05) is 4.47 Å². The molecule has 1 atom stereocenters. The normalized spacial score (nSPS) is 13.6. The number of carbonyl (C=O) groups is 1. The molecule has 96 valence electrons. The van der Waals surface area contributed by atoms with Crippen molar-refractivity contribution in [2.75, 3.05) is 11.5 Å². The Morgan fingerprint density at radius 3 is 2.65 bits per heavy atom. The van der Waals surface area contributed by atoms with Crippen LogP contribution in [0.4, 0.5) is 0 Å². The van der Waals surface area contributed by atoms with Gasteiger partial charge in [-0.05, 0) is 33.3 Å². The zero-order valence-electron chi connectivity index (χ0n) is 9.77. The molecule has 1 aromatic heterocycles. The molecule has 1 rings (SSSR count). The lowest BCUT2D eigenvalue weighted by Crippen LogP contribution is -2.22. The van der Waals surface area contributed by atoms with Gasteiger partial charge in [0.1, 0.15) is 5.75 Å². The summed E-state index contributed by atoms with van der Waals surface area (Å²) in [6.07, 6.45) is 0.802. The number of ketones is 1. The molecule has 0 aromatic carbocycles. The number of Topliss-reactive ketones (excluding diaryl/α,β-unsaturated/α-hetero) is 1. The van der Waals surface area contributed by atoms with Gasteiger partial charge < -0.3 is 0 Å². The molecule has 0 radical (unpaired) electrons. The van der Waals surface area contributed by atoms with Gasteiger partial charge in [-0.3, -0.25) is 4.79 Å². The van der Waals surface area contributed by atoms with Crippen molar-refractivity contribution in [3.05, 3.63) is 20.8 Å². The third kappa shape index (κ3) is 4.52. The number of rotatable bonds is 6. The molecule has 0 fully saturated rings. The molecule has 3 nitrogen and oxygen atoms in total. The van der Waals surface area contributed by atoms with Crippen LogP contribution in [0.25, 0.3) is 0 Å². The van der Waals surface area contributed by atoms with Crippen molar-refractivity contribution < 1.29 is 13.2 Å². The first-order chi connectivity index (χ1) is 7.85. The Hall–Kier alpha value is -0.200. The highest BCUT2D eigenvalue weighted by Crippen LogP contribution is 2.23. The van der Waals surface area contributed by atoms with Gasteiger partial charge >= 0.3 is 0 Å². The zero-order valence-corrected chi connectivity index (χ0v) is 13.0. The van der Waals surface area contributed by atoms with Crippen molar-refractivity contribution in [1.82, 2.24) is 0 Å². The molecule has 0 amide bonds. The molecule has 1 heterocycles. The summed E-state index contributed by atoms with van der Waals surface area (Å²) in [6.45, 7) is 3.82. The second kappa shape index (κ2) is 6.11. The summed E-state index contributed by atoms with van der Waals surface area (Å²) in [7, 11) is -3.30. The van der Waals surface area contributed by atoms with E-state index in [2.05, 4.69) is 15.9 Å². The van der Waals surface area contributed by atoms with Crippen LogP contribution in [0.1, 0.15) is 29.9 Å². The number of hydrogen-bond acceptors (Lipinski definition) is 4. The number of sulfone groups is 1. The van der Waals surface area contributed by atoms with Crippen molar-refractivity contribution >= 4 is 42.9 Å². The highest BCUT2D eigenvalue weighted by atomic mass is 79.9. The molecular weight excluding hydrogens is 324 g/mol. The van der Waals surface area contributed by atoms with E-state index in [9.17, 15) is 13.2 Å². The molecule has 1 unspecified atom stereocenters. The summed E-state index contributed by atoms with van der Waals surface area (Å²) >= 11 is 4.50. The van der Waals surface area contributed by atoms with Gasteiger partial charge in [-0.2, -0.15) is 0 Å². The Kier molecular flexibility index (Phi) is 5.34. The van der Waals surface area contributed by atoms with Gasteiger partial charge in [-0.25, -0.2) is 8.42 Å². The van der Waals surface area contributed by atoms with Crippen molar-refractivity contribution in [1.29, 1.82) is 0 Å². The van der Waals surface area contributed by atoms with E-state index in [-0.39, 0.29) is 17.5 Å². The monoisotopic (exact) mass is 338 g/mol. The lowest BCUT2D eigenvalue weighted by molar-refractivity contribution is 0.102. The maximum absolute atomic E-state index is 11.8. The summed E-state index contributed by atoms with van der Waals surface area (Å²) < 4.78 is 24.2. The van der Waals surface area contributed by atoms with Crippen LogP contribution < -0.4 is 0 Å². The fraction of sp³-hybridized carbons (Fsp3) is 0.545. The largest absolute Gasteiger partial charge is 0.292 e. The van der Waals surface area contributed by atoms with E-state index in [1.165, 1.54) is 11.3 Å². The molecule has 0 aliphatic carbocycles. The average molecular weight is 339 g/mol. The van der Waals surface area contributed by atoms with Gasteiger partial charge in [0.2, 0.25) is 0 Å². The average Bonchev–Trinajstić information content (AvgIpc) is 2.62. The molecule has 0 spiro atoms. The molecule has 6 heteroatoms. The molecule has 0 saturated carbocycles. The fourth-order valence-electron chi connectivity index (χ4n) is 1.37. The van der Waals surface area contributed by atoms with Crippen LogP contribution >= 0.6 is 27.3 Å². The van der Waals surface area contributed by atoms with Crippen LogP contribution in [0.5, 0.6) is 0 Å². The summed E-state index contributed by atoms with van der Waals surface area (Å²) in [4.78, 5) is 12.3. The number of carbonyl (C=O) groups excluding carboxylic acids is 1. The first-order valence-corrected chi connectivity index (χ1v) is 8.81. The summed E-state index contributed by atoms with van der Waals surface area (Å²) in [5.41, 5.74) is 0. The molecule has 17 heavy (non-hydrogen) atoms. The van der Waals surface area contributed by atoms with Gasteiger partial charge in [-0.15, -0.1) is 11.3 Å². The molecule has 1 aromatic rings. The van der Waals surface area contributed by atoms with E-state index >= 15 is 0 Å². The number of thiophene rings is 1. The first kappa shape index (κ1) is 14.9. The smallest absolute Gasteiger partial charge is 0.188 e. The molecule has 0 bridgehead atoms. The molecular formula is C11H15BrO3S2. The molecule has 0 aliphatic rings. The van der Waals surface area contributed by atoms with Crippen LogP contribution in [0, 0.1) is 5.92 Å². The van der Waals surface area contributed by atoms with Gasteiger partial charge in [0.05, 0.1) is 10.6 Å². The molecule has 0 aliphatic heterocycles. The van der Waals surface area contributed by atoms with Crippen molar-refractivity contribution in [2.45, 2.75) is 20.3 Å². The molecule has 0 saturated heterocycles. The standard InChI is InChI=1S/C11H15BrO3S2/c1-3-8(2)6-17(14,15)7-10(13)11-9(12)4-5-16-11/h4-5,8H,3,6-7H2,1-2H3. The van der Waals surface area contributed by atoms with E-state index in [1.807, 2.05) is 13.8 Å². The SMILES string of the molecule is CCC(C)CS(=O)(=O)CC(=O)c1sccc1Br. The van der Waals surface area contributed by atoms with E-state index < -0.39 is 15.6 Å². The Balaban J connectivity index is 2.72. The number of halogens is 1. The van der Waals surface area contributed by atoms with Crippen molar-refractivity contribution in [2.24, 2.45) is 5.92 Å². The lowest BCUT2D eigenvalue weighted by Gasteiger charge is -2.08. The van der Waals surface area contributed by atoms with Crippen LogP contribution in [-0.2, 0) is 9.84 Å². The third-order valence-electron chi connectivity index (χ3n) is 2.46. The Morgan fingerprint density at radius 2 is 2.18 bits per heavy atom. The minimum absolute atomic E-state index is 0.0816. The minimum Gasteiger partial charge on any atom is -0.292 e. The predicted octanol–water partition coefficient (Wildman–Crippen LogP) is 3.15. The maximum Gasteiger partial charge on any atom is 0.188 e. The van der Waals surface area contributed by atoms with Crippen molar-refractivity contribution in [3.63, 3.8) is 0 Å². The Labute approximate surface area is 114 Å². The second-order valence-electron chi connectivity index (χ2n) is 4.09. The van der Waals surface area contributed by atoms with Gasteiger partial charge in [0.15, 0.2) is 15.6 Å². The zero-order chi connectivity index (χ0) is 13.1. The quantitative estimate of drug-likeness (QED) is 0.748. The maximum atomic E-state index is 11.8.